The minimum absolute atomic E-state index is 1.92. The molecule has 0 aromatic rings. The Hall–Kier alpha value is -1.27. The number of alkyl halides is 10. The highest BCUT2D eigenvalue weighted by molar-refractivity contribution is 5.76. The van der Waals surface area contributed by atoms with Gasteiger partial charge in [0.15, 0.2) is 0 Å². The van der Waals surface area contributed by atoms with E-state index in [-0.39, 0.29) is 0 Å². The van der Waals surface area contributed by atoms with Crippen molar-refractivity contribution in [2.24, 2.45) is 0 Å². The molecule has 0 aliphatic rings. The first-order chi connectivity index (χ1) is 8.09. The predicted molar refractivity (Wildman–Crippen MR) is 34.5 cm³/mol. The molecule has 0 saturated heterocycles. The maximum absolute atomic E-state index is 12.7. The number of ether oxygens (including phenoxy) is 1. The Balaban J connectivity index is 5.53. The van der Waals surface area contributed by atoms with E-state index in [2.05, 4.69) is 0 Å². The number of aliphatic carboxylic acids is 1. The van der Waals surface area contributed by atoms with E-state index in [1.807, 2.05) is 4.74 Å². The van der Waals surface area contributed by atoms with Gasteiger partial charge >= 0.3 is 36.5 Å². The summed E-state index contributed by atoms with van der Waals surface area (Å²) in [6, 6.07) is 0. The molecule has 0 heterocycles. The summed E-state index contributed by atoms with van der Waals surface area (Å²) in [5, 5.41) is 7.80. The van der Waals surface area contributed by atoms with Gasteiger partial charge in [0.05, 0.1) is 0 Å². The Bertz CT molecular complexity index is 350. The molecule has 0 fully saturated rings. The normalized spacial score (nSPS) is 17.4. The van der Waals surface area contributed by atoms with E-state index in [0.717, 1.165) is 0 Å². The zero-order chi connectivity index (χ0) is 15.9. The third-order valence-electron chi connectivity index (χ3n) is 1.57. The third kappa shape index (κ3) is 3.01. The van der Waals surface area contributed by atoms with Crippen molar-refractivity contribution in [2.45, 2.75) is 30.5 Å². The average Bonchev–Trinajstić information content (AvgIpc) is 2.13. The van der Waals surface area contributed by atoms with Gasteiger partial charge < -0.3 is 5.11 Å². The fourth-order valence-electron chi connectivity index (χ4n) is 0.597. The van der Waals surface area contributed by atoms with Gasteiger partial charge in [-0.1, -0.05) is 0 Å². The quantitative estimate of drug-likeness (QED) is 0.794. The molecule has 1 unspecified atom stereocenters. The van der Waals surface area contributed by atoms with Crippen molar-refractivity contribution >= 4 is 5.97 Å². The third-order valence-corrected chi connectivity index (χ3v) is 1.57. The smallest absolute Gasteiger partial charge is 0.462 e. The van der Waals surface area contributed by atoms with Crippen LogP contribution < -0.4 is 0 Å². The van der Waals surface area contributed by atoms with Crippen LogP contribution >= 0.6 is 0 Å². The molecule has 19 heavy (non-hydrogen) atoms. The van der Waals surface area contributed by atoms with E-state index in [1.54, 1.807) is 0 Å². The lowest BCUT2D eigenvalue weighted by Gasteiger charge is -2.31. The van der Waals surface area contributed by atoms with Gasteiger partial charge in [0, 0.05) is 0 Å². The number of rotatable bonds is 5. The Morgan fingerprint density at radius 1 is 0.947 bits per heavy atom. The molecule has 0 aromatic heterocycles. The van der Waals surface area contributed by atoms with Crippen molar-refractivity contribution in [1.29, 1.82) is 0 Å². The van der Waals surface area contributed by atoms with Gasteiger partial charge in [-0.15, -0.1) is 0 Å². The molecular formula is C6H2F10O3. The van der Waals surface area contributed by atoms with Gasteiger partial charge in [-0.25, -0.2) is 13.6 Å². The summed E-state index contributed by atoms with van der Waals surface area (Å²) in [7, 11) is 0. The summed E-state index contributed by atoms with van der Waals surface area (Å²) in [4.78, 5) is 9.88. The molecule has 0 radical (unpaired) electrons. The summed E-state index contributed by atoms with van der Waals surface area (Å²) >= 11 is 0. The molecule has 0 bridgehead atoms. The molecule has 0 aliphatic carbocycles. The summed E-state index contributed by atoms with van der Waals surface area (Å²) in [6.45, 7) is 0. The zero-order valence-electron chi connectivity index (χ0n) is 8.12. The first-order valence-corrected chi connectivity index (χ1v) is 3.82. The monoisotopic (exact) mass is 312 g/mol. The molecule has 0 aliphatic heterocycles. The summed E-state index contributed by atoms with van der Waals surface area (Å²) in [6.07, 6.45) is -18.8. The van der Waals surface area contributed by atoms with Gasteiger partial charge in [-0.3, -0.25) is 4.74 Å². The second-order valence-corrected chi connectivity index (χ2v) is 2.94. The molecule has 0 saturated carbocycles. The minimum Gasteiger partial charge on any atom is -0.477 e. The van der Waals surface area contributed by atoms with Crippen molar-refractivity contribution in [3.8, 4) is 0 Å². The number of carbonyl (C=O) groups is 1. The van der Waals surface area contributed by atoms with E-state index in [9.17, 15) is 48.7 Å². The fraction of sp³-hybridized carbons (Fsp3) is 0.833. The minimum atomic E-state index is -7.08. The Kier molecular flexibility index (Phi) is 4.37. The van der Waals surface area contributed by atoms with Crippen LogP contribution in [0.1, 0.15) is 0 Å². The zero-order valence-corrected chi connectivity index (χ0v) is 8.12. The highest BCUT2D eigenvalue weighted by atomic mass is 19.4. The molecule has 1 atom stereocenters. The summed E-state index contributed by atoms with van der Waals surface area (Å²) < 4.78 is 122. The van der Waals surface area contributed by atoms with Crippen molar-refractivity contribution in [3.63, 3.8) is 0 Å². The molecular weight excluding hydrogens is 310 g/mol. The van der Waals surface area contributed by atoms with E-state index in [0.29, 0.717) is 0 Å². The lowest BCUT2D eigenvalue weighted by Crippen LogP contribution is -2.59. The maximum atomic E-state index is 12.7. The average molecular weight is 312 g/mol. The number of carboxylic acids is 1. The molecule has 0 amide bonds. The number of hydrogen-bond donors (Lipinski definition) is 1. The maximum Gasteiger partial charge on any atom is 0.462 e. The first kappa shape index (κ1) is 17.7. The van der Waals surface area contributed by atoms with Crippen LogP contribution in [0.25, 0.3) is 0 Å². The Labute approximate surface area is 96.3 Å². The van der Waals surface area contributed by atoms with Gasteiger partial charge in [-0.05, 0) is 0 Å². The van der Waals surface area contributed by atoms with Crippen LogP contribution in [0, 0.1) is 0 Å². The van der Waals surface area contributed by atoms with Crippen molar-refractivity contribution in [1.82, 2.24) is 0 Å². The molecule has 114 valence electrons. The predicted octanol–water partition coefficient (Wildman–Crippen LogP) is 2.81. The standard InChI is InChI=1S/C6H2F10O3/c7-1(8)3(9,2(17)18)19-6(15,16)4(10,11)5(12,13)14/h1H,(H,17,18). The van der Waals surface area contributed by atoms with Crippen LogP contribution in [-0.4, -0.2) is 41.6 Å². The second-order valence-electron chi connectivity index (χ2n) is 2.94. The van der Waals surface area contributed by atoms with Gasteiger partial charge in [0.25, 0.3) is 0 Å². The molecule has 1 N–H and O–H groups in total. The van der Waals surface area contributed by atoms with E-state index in [4.69, 9.17) is 5.11 Å². The van der Waals surface area contributed by atoms with Crippen LogP contribution in [0.15, 0.2) is 0 Å². The lowest BCUT2D eigenvalue weighted by molar-refractivity contribution is -0.457. The van der Waals surface area contributed by atoms with Crippen LogP contribution in [0.4, 0.5) is 43.9 Å². The van der Waals surface area contributed by atoms with Crippen LogP contribution in [-0.2, 0) is 9.53 Å². The van der Waals surface area contributed by atoms with Crippen molar-refractivity contribution in [2.75, 3.05) is 0 Å². The Morgan fingerprint density at radius 3 is 1.53 bits per heavy atom. The lowest BCUT2D eigenvalue weighted by atomic mass is 10.2. The molecule has 13 heteroatoms. The first-order valence-electron chi connectivity index (χ1n) is 3.82. The molecule has 3 nitrogen and oxygen atoms in total. The van der Waals surface area contributed by atoms with Gasteiger partial charge in [0.2, 0.25) is 0 Å². The van der Waals surface area contributed by atoms with Crippen LogP contribution in [0.2, 0.25) is 0 Å². The largest absolute Gasteiger partial charge is 0.477 e. The number of carboxylic acid groups (broad SMARTS) is 1. The molecule has 0 aromatic carbocycles. The molecule has 0 spiro atoms. The highest BCUT2D eigenvalue weighted by Gasteiger charge is 2.77. The van der Waals surface area contributed by atoms with Crippen molar-refractivity contribution < 1.29 is 58.5 Å². The van der Waals surface area contributed by atoms with Crippen LogP contribution in [0.5, 0.6) is 0 Å². The SMILES string of the molecule is O=C(O)C(F)(OC(F)(F)C(F)(F)C(F)(F)F)C(F)F. The second kappa shape index (κ2) is 4.68. The number of halogens is 10. The van der Waals surface area contributed by atoms with Crippen molar-refractivity contribution in [3.05, 3.63) is 0 Å². The highest BCUT2D eigenvalue weighted by Crippen LogP contribution is 2.49. The molecule has 0 rings (SSSR count). The van der Waals surface area contributed by atoms with Gasteiger partial charge in [0.1, 0.15) is 0 Å². The summed E-state index contributed by atoms with van der Waals surface area (Å²) in [5.41, 5.74) is 0. The van der Waals surface area contributed by atoms with Crippen LogP contribution in [0.3, 0.4) is 0 Å². The summed E-state index contributed by atoms with van der Waals surface area (Å²) in [5.74, 6) is -16.3. The van der Waals surface area contributed by atoms with E-state index < -0.39 is 36.5 Å². The van der Waals surface area contributed by atoms with Gasteiger partial charge in [-0.2, -0.15) is 35.1 Å². The topological polar surface area (TPSA) is 46.5 Å². The van der Waals surface area contributed by atoms with E-state index in [1.165, 1.54) is 0 Å². The fourth-order valence-corrected chi connectivity index (χ4v) is 0.597. The Morgan fingerprint density at radius 2 is 1.32 bits per heavy atom. The number of hydrogen-bond acceptors (Lipinski definition) is 2. The van der Waals surface area contributed by atoms with E-state index >= 15 is 0 Å².